The van der Waals surface area contributed by atoms with Crippen molar-refractivity contribution in [2.24, 2.45) is 7.05 Å². The van der Waals surface area contributed by atoms with Crippen molar-refractivity contribution in [1.29, 1.82) is 0 Å². The Morgan fingerprint density at radius 3 is 2.88 bits per heavy atom. The smallest absolute Gasteiger partial charge is 0.250 e. The normalized spacial score (nSPS) is 17.7. The molecule has 1 aliphatic rings. The molecule has 4 rings (SSSR count). The number of nitrogens with one attached hydrogen (secondary N) is 1. The van der Waals surface area contributed by atoms with Gasteiger partial charge in [-0.05, 0) is 43.4 Å². The average Bonchev–Trinajstić information content (AvgIpc) is 3.20. The Hall–Kier alpha value is -2.73. The molecule has 2 unspecified atom stereocenters. The first-order valence-corrected chi connectivity index (χ1v) is 9.05. The predicted octanol–water partition coefficient (Wildman–Crippen LogP) is 2.69. The van der Waals surface area contributed by atoms with Crippen molar-refractivity contribution >= 4 is 0 Å². The first-order valence-electron chi connectivity index (χ1n) is 9.05. The molecule has 0 amide bonds. The summed E-state index contributed by atoms with van der Waals surface area (Å²) in [5.74, 6) is 0. The van der Waals surface area contributed by atoms with Gasteiger partial charge in [0, 0.05) is 30.9 Å². The minimum atomic E-state index is 0.0639. The summed E-state index contributed by atoms with van der Waals surface area (Å²) in [4.78, 5) is 11.9. The van der Waals surface area contributed by atoms with Gasteiger partial charge >= 0.3 is 0 Å². The third-order valence-electron chi connectivity index (χ3n) is 5.28. The zero-order valence-electron chi connectivity index (χ0n) is 15.1. The minimum absolute atomic E-state index is 0.0639. The molecule has 1 aliphatic carbocycles. The number of fused-ring (bicyclic) bond motifs is 1. The maximum Gasteiger partial charge on any atom is 0.250 e. The molecule has 0 saturated carbocycles. The van der Waals surface area contributed by atoms with Crippen LogP contribution >= 0.6 is 0 Å². The summed E-state index contributed by atoms with van der Waals surface area (Å²) in [6.07, 6.45) is 6.66. The lowest BCUT2D eigenvalue weighted by molar-refractivity contribution is 0.405. The molecule has 6 heteroatoms. The molecular formula is C20H23N5O. The van der Waals surface area contributed by atoms with Gasteiger partial charge in [0.1, 0.15) is 0 Å². The van der Waals surface area contributed by atoms with Gasteiger partial charge in [-0.1, -0.05) is 29.5 Å². The van der Waals surface area contributed by atoms with Crippen molar-refractivity contribution in [3.8, 4) is 5.69 Å². The maximum atomic E-state index is 11.9. The van der Waals surface area contributed by atoms with E-state index in [1.54, 1.807) is 21.5 Å². The molecule has 2 aromatic heterocycles. The number of benzene rings is 1. The maximum absolute atomic E-state index is 11.9. The SMILES string of the molecule is CC(NC1CCCc2c1ccc(=O)n2C)c1ccccc1-n1ccnn1. The van der Waals surface area contributed by atoms with Gasteiger partial charge in [-0.15, -0.1) is 5.10 Å². The highest BCUT2D eigenvalue weighted by atomic mass is 16.1. The van der Waals surface area contributed by atoms with Crippen LogP contribution in [0.2, 0.25) is 0 Å². The fourth-order valence-electron chi connectivity index (χ4n) is 3.92. The zero-order valence-corrected chi connectivity index (χ0v) is 15.1. The van der Waals surface area contributed by atoms with Crippen molar-refractivity contribution in [2.75, 3.05) is 0 Å². The summed E-state index contributed by atoms with van der Waals surface area (Å²) in [5, 5.41) is 11.8. The van der Waals surface area contributed by atoms with Gasteiger partial charge in [0.25, 0.3) is 0 Å². The largest absolute Gasteiger partial charge is 0.315 e. The van der Waals surface area contributed by atoms with E-state index in [9.17, 15) is 4.79 Å². The second-order valence-corrected chi connectivity index (χ2v) is 6.87. The van der Waals surface area contributed by atoms with Crippen LogP contribution in [0.1, 0.15) is 48.7 Å². The van der Waals surface area contributed by atoms with Crippen LogP contribution in [-0.4, -0.2) is 19.6 Å². The summed E-state index contributed by atoms with van der Waals surface area (Å²) >= 11 is 0. The van der Waals surface area contributed by atoms with Crippen molar-refractivity contribution in [1.82, 2.24) is 24.9 Å². The van der Waals surface area contributed by atoms with Crippen LogP contribution < -0.4 is 10.9 Å². The lowest BCUT2D eigenvalue weighted by atomic mass is 9.90. The van der Waals surface area contributed by atoms with Gasteiger partial charge in [-0.3, -0.25) is 4.79 Å². The number of nitrogens with zero attached hydrogens (tertiary/aromatic N) is 4. The zero-order chi connectivity index (χ0) is 18.1. The third kappa shape index (κ3) is 2.97. The number of para-hydroxylation sites is 1. The Bertz CT molecular complexity index is 961. The number of hydrogen-bond donors (Lipinski definition) is 1. The second-order valence-electron chi connectivity index (χ2n) is 6.87. The lowest BCUT2D eigenvalue weighted by Crippen LogP contribution is -2.32. The Balaban J connectivity index is 1.64. The fraction of sp³-hybridized carbons (Fsp3) is 0.350. The average molecular weight is 349 g/mol. The van der Waals surface area contributed by atoms with Crippen LogP contribution in [-0.2, 0) is 13.5 Å². The van der Waals surface area contributed by atoms with E-state index >= 15 is 0 Å². The minimum Gasteiger partial charge on any atom is -0.315 e. The molecule has 0 spiro atoms. The van der Waals surface area contributed by atoms with Gasteiger partial charge in [0.05, 0.1) is 18.1 Å². The van der Waals surface area contributed by atoms with Crippen molar-refractivity contribution in [3.05, 3.63) is 76.0 Å². The molecule has 134 valence electrons. The molecule has 0 bridgehead atoms. The predicted molar refractivity (Wildman–Crippen MR) is 100 cm³/mol. The number of rotatable bonds is 4. The molecule has 1 aromatic carbocycles. The van der Waals surface area contributed by atoms with Crippen LogP contribution in [0, 0.1) is 0 Å². The molecule has 2 atom stereocenters. The molecule has 2 heterocycles. The summed E-state index contributed by atoms with van der Waals surface area (Å²) in [7, 11) is 1.87. The fourth-order valence-corrected chi connectivity index (χ4v) is 3.92. The topological polar surface area (TPSA) is 64.7 Å². The van der Waals surface area contributed by atoms with Gasteiger partial charge < -0.3 is 9.88 Å². The van der Waals surface area contributed by atoms with Gasteiger partial charge in [-0.2, -0.15) is 0 Å². The first-order chi connectivity index (χ1) is 12.6. The van der Waals surface area contributed by atoms with E-state index in [0.717, 1.165) is 30.6 Å². The second kappa shape index (κ2) is 6.88. The van der Waals surface area contributed by atoms with E-state index in [2.05, 4.69) is 34.7 Å². The summed E-state index contributed by atoms with van der Waals surface area (Å²) < 4.78 is 3.59. The van der Waals surface area contributed by atoms with Crippen molar-refractivity contribution in [3.63, 3.8) is 0 Å². The third-order valence-corrected chi connectivity index (χ3v) is 5.28. The Morgan fingerprint density at radius 2 is 2.08 bits per heavy atom. The molecule has 0 aliphatic heterocycles. The number of pyridine rings is 1. The molecule has 1 N–H and O–H groups in total. The van der Waals surface area contributed by atoms with Crippen LogP contribution in [0.4, 0.5) is 0 Å². The molecular weight excluding hydrogens is 326 g/mol. The van der Waals surface area contributed by atoms with Crippen LogP contribution in [0.3, 0.4) is 0 Å². The molecule has 0 radical (unpaired) electrons. The molecule has 26 heavy (non-hydrogen) atoms. The number of hydrogen-bond acceptors (Lipinski definition) is 4. The molecule has 0 saturated heterocycles. The van der Waals surface area contributed by atoms with Crippen LogP contribution in [0.25, 0.3) is 5.69 Å². The van der Waals surface area contributed by atoms with E-state index < -0.39 is 0 Å². The van der Waals surface area contributed by atoms with E-state index in [1.807, 2.05) is 31.4 Å². The van der Waals surface area contributed by atoms with Crippen molar-refractivity contribution in [2.45, 2.75) is 38.3 Å². The van der Waals surface area contributed by atoms with Crippen molar-refractivity contribution < 1.29 is 0 Å². The summed E-state index contributed by atoms with van der Waals surface area (Å²) in [6.45, 7) is 2.17. The van der Waals surface area contributed by atoms with Crippen LogP contribution in [0.5, 0.6) is 0 Å². The molecule has 0 fully saturated rings. The molecule has 3 aromatic rings. The highest BCUT2D eigenvalue weighted by Crippen LogP contribution is 2.31. The number of aromatic nitrogens is 4. The molecule has 6 nitrogen and oxygen atoms in total. The Morgan fingerprint density at radius 1 is 1.23 bits per heavy atom. The van der Waals surface area contributed by atoms with Gasteiger partial charge in [-0.25, -0.2) is 4.68 Å². The standard InChI is InChI=1S/C20H23N5O/c1-14(15-6-3-4-8-19(15)25-13-12-21-23-25)22-17-7-5-9-18-16(17)10-11-20(26)24(18)2/h3-4,6,8,10-14,17,22H,5,7,9H2,1-2H3. The highest BCUT2D eigenvalue weighted by Gasteiger charge is 2.24. The van der Waals surface area contributed by atoms with Crippen LogP contribution in [0.15, 0.2) is 53.6 Å². The quantitative estimate of drug-likeness (QED) is 0.786. The Labute approximate surface area is 152 Å². The lowest BCUT2D eigenvalue weighted by Gasteiger charge is -2.31. The Kier molecular flexibility index (Phi) is 4.42. The summed E-state index contributed by atoms with van der Waals surface area (Å²) in [5.41, 5.74) is 4.66. The van der Waals surface area contributed by atoms with E-state index in [4.69, 9.17) is 0 Å². The van der Waals surface area contributed by atoms with Gasteiger partial charge in [0.15, 0.2) is 0 Å². The van der Waals surface area contributed by atoms with Gasteiger partial charge in [0.2, 0.25) is 5.56 Å². The van der Waals surface area contributed by atoms with E-state index in [0.29, 0.717) is 0 Å². The first kappa shape index (κ1) is 16.7. The monoisotopic (exact) mass is 349 g/mol. The summed E-state index contributed by atoms with van der Waals surface area (Å²) in [6, 6.07) is 12.3. The van der Waals surface area contributed by atoms with E-state index in [1.165, 1.54) is 11.1 Å². The van der Waals surface area contributed by atoms with E-state index in [-0.39, 0.29) is 17.6 Å². The highest BCUT2D eigenvalue weighted by molar-refractivity contribution is 5.42.